The summed E-state index contributed by atoms with van der Waals surface area (Å²) in [7, 11) is 0. The lowest BCUT2D eigenvalue weighted by Gasteiger charge is -2.28. The molecule has 2 unspecified atom stereocenters. The van der Waals surface area contributed by atoms with E-state index in [0.29, 0.717) is 11.3 Å². The second-order valence-corrected chi connectivity index (χ2v) is 5.95. The van der Waals surface area contributed by atoms with Crippen LogP contribution in [0.2, 0.25) is 0 Å². The molecule has 0 aromatic carbocycles. The zero-order valence-corrected chi connectivity index (χ0v) is 12.1. The van der Waals surface area contributed by atoms with Crippen LogP contribution < -0.4 is 5.32 Å². The SMILES string of the molecule is O=C(NC1CCCCC1O)c1ccc(C#CCCO)s1. The highest BCUT2D eigenvalue weighted by atomic mass is 32.1. The molecule has 1 aromatic heterocycles. The minimum Gasteiger partial charge on any atom is -0.395 e. The van der Waals surface area contributed by atoms with Crippen LogP contribution in [-0.4, -0.2) is 34.9 Å². The fourth-order valence-electron chi connectivity index (χ4n) is 2.25. The fourth-order valence-corrected chi connectivity index (χ4v) is 3.04. The van der Waals surface area contributed by atoms with Crippen LogP contribution in [0.5, 0.6) is 0 Å². The van der Waals surface area contributed by atoms with Crippen LogP contribution in [0, 0.1) is 11.8 Å². The summed E-state index contributed by atoms with van der Waals surface area (Å²) in [6.45, 7) is 0.0469. The smallest absolute Gasteiger partial charge is 0.261 e. The molecule has 1 aliphatic carbocycles. The van der Waals surface area contributed by atoms with E-state index in [1.54, 1.807) is 12.1 Å². The molecule has 1 saturated carbocycles. The van der Waals surface area contributed by atoms with Gasteiger partial charge in [0, 0.05) is 6.42 Å². The maximum atomic E-state index is 12.1. The van der Waals surface area contributed by atoms with Gasteiger partial charge in [0.25, 0.3) is 5.91 Å². The van der Waals surface area contributed by atoms with Gasteiger partial charge in [-0.3, -0.25) is 4.79 Å². The van der Waals surface area contributed by atoms with E-state index in [2.05, 4.69) is 17.2 Å². The zero-order valence-electron chi connectivity index (χ0n) is 11.3. The first kappa shape index (κ1) is 15.0. The average Bonchev–Trinajstić information content (AvgIpc) is 2.91. The maximum absolute atomic E-state index is 12.1. The Labute approximate surface area is 122 Å². The van der Waals surface area contributed by atoms with Crippen molar-refractivity contribution in [3.63, 3.8) is 0 Å². The first-order valence-corrected chi connectivity index (χ1v) is 7.71. The molecular weight excluding hydrogens is 274 g/mol. The number of carbonyl (C=O) groups is 1. The molecule has 1 heterocycles. The maximum Gasteiger partial charge on any atom is 0.261 e. The summed E-state index contributed by atoms with van der Waals surface area (Å²) >= 11 is 1.33. The van der Waals surface area contributed by atoms with E-state index in [4.69, 9.17) is 5.11 Å². The summed E-state index contributed by atoms with van der Waals surface area (Å²) in [4.78, 5) is 13.5. The van der Waals surface area contributed by atoms with E-state index < -0.39 is 6.10 Å². The topological polar surface area (TPSA) is 69.6 Å². The quantitative estimate of drug-likeness (QED) is 0.740. The van der Waals surface area contributed by atoms with Crippen molar-refractivity contribution in [3.05, 3.63) is 21.9 Å². The van der Waals surface area contributed by atoms with Crippen LogP contribution in [0.25, 0.3) is 0 Å². The number of amides is 1. The van der Waals surface area contributed by atoms with Crippen molar-refractivity contribution in [1.29, 1.82) is 0 Å². The highest BCUT2D eigenvalue weighted by Crippen LogP contribution is 2.20. The van der Waals surface area contributed by atoms with Gasteiger partial charge >= 0.3 is 0 Å². The van der Waals surface area contributed by atoms with Gasteiger partial charge in [0.15, 0.2) is 0 Å². The molecule has 5 heteroatoms. The van der Waals surface area contributed by atoms with Crippen LogP contribution in [0.15, 0.2) is 12.1 Å². The van der Waals surface area contributed by atoms with Gasteiger partial charge in [0.1, 0.15) is 0 Å². The Hall–Kier alpha value is -1.35. The Morgan fingerprint density at radius 3 is 2.95 bits per heavy atom. The Bertz CT molecular complexity index is 515. The van der Waals surface area contributed by atoms with E-state index in [9.17, 15) is 9.90 Å². The van der Waals surface area contributed by atoms with Gasteiger partial charge in [-0.1, -0.05) is 24.7 Å². The molecule has 0 aliphatic heterocycles. The van der Waals surface area contributed by atoms with E-state index in [-0.39, 0.29) is 18.6 Å². The monoisotopic (exact) mass is 293 g/mol. The van der Waals surface area contributed by atoms with E-state index >= 15 is 0 Å². The van der Waals surface area contributed by atoms with Crippen molar-refractivity contribution in [2.24, 2.45) is 0 Å². The van der Waals surface area contributed by atoms with Gasteiger partial charge in [0.05, 0.1) is 28.5 Å². The third kappa shape index (κ3) is 4.07. The van der Waals surface area contributed by atoms with Crippen molar-refractivity contribution in [2.75, 3.05) is 6.61 Å². The van der Waals surface area contributed by atoms with E-state index in [1.807, 2.05) is 0 Å². The van der Waals surface area contributed by atoms with Gasteiger partial charge in [0.2, 0.25) is 0 Å². The lowest BCUT2D eigenvalue weighted by atomic mass is 9.92. The number of thiophene rings is 1. The molecule has 0 bridgehead atoms. The third-order valence-corrected chi connectivity index (χ3v) is 4.32. The lowest BCUT2D eigenvalue weighted by molar-refractivity contribution is 0.0720. The molecule has 4 nitrogen and oxygen atoms in total. The summed E-state index contributed by atoms with van der Waals surface area (Å²) in [5.74, 6) is 5.60. The van der Waals surface area contributed by atoms with Crippen LogP contribution in [0.1, 0.15) is 46.7 Å². The highest BCUT2D eigenvalue weighted by Gasteiger charge is 2.25. The van der Waals surface area contributed by atoms with Crippen molar-refractivity contribution in [1.82, 2.24) is 5.32 Å². The van der Waals surface area contributed by atoms with Crippen LogP contribution in [0.4, 0.5) is 0 Å². The average molecular weight is 293 g/mol. The van der Waals surface area contributed by atoms with Crippen molar-refractivity contribution >= 4 is 17.2 Å². The molecule has 3 N–H and O–H groups in total. The number of hydrogen-bond acceptors (Lipinski definition) is 4. The first-order chi connectivity index (χ1) is 9.70. The number of aliphatic hydroxyl groups is 2. The molecule has 0 spiro atoms. The second-order valence-electron chi connectivity index (χ2n) is 4.87. The minimum atomic E-state index is -0.434. The number of nitrogens with one attached hydrogen (secondary N) is 1. The highest BCUT2D eigenvalue weighted by molar-refractivity contribution is 7.14. The van der Waals surface area contributed by atoms with Gasteiger partial charge in [-0.25, -0.2) is 0 Å². The van der Waals surface area contributed by atoms with E-state index in [1.165, 1.54) is 11.3 Å². The third-order valence-electron chi connectivity index (χ3n) is 3.32. The predicted molar refractivity (Wildman–Crippen MR) is 78.6 cm³/mol. The molecule has 20 heavy (non-hydrogen) atoms. The molecule has 1 amide bonds. The van der Waals surface area contributed by atoms with Crippen LogP contribution in [0.3, 0.4) is 0 Å². The Balaban J connectivity index is 1.94. The van der Waals surface area contributed by atoms with Crippen molar-refractivity contribution in [2.45, 2.75) is 44.2 Å². The van der Waals surface area contributed by atoms with Crippen molar-refractivity contribution in [3.8, 4) is 11.8 Å². The molecule has 2 rings (SSSR count). The van der Waals surface area contributed by atoms with Gasteiger partial charge in [-0.05, 0) is 25.0 Å². The Kier molecular flexibility index (Phi) is 5.60. The molecule has 0 radical (unpaired) electrons. The predicted octanol–water partition coefficient (Wildman–Crippen LogP) is 1.52. The summed E-state index contributed by atoms with van der Waals surface area (Å²) < 4.78 is 0. The fraction of sp³-hybridized carbons (Fsp3) is 0.533. The van der Waals surface area contributed by atoms with Crippen LogP contribution >= 0.6 is 11.3 Å². The Morgan fingerprint density at radius 2 is 2.20 bits per heavy atom. The molecule has 1 fully saturated rings. The summed E-state index contributed by atoms with van der Waals surface area (Å²) in [5.41, 5.74) is 0. The van der Waals surface area contributed by atoms with Gasteiger partial charge in [-0.15, -0.1) is 11.3 Å². The molecule has 108 valence electrons. The van der Waals surface area contributed by atoms with E-state index in [0.717, 1.165) is 30.6 Å². The molecule has 1 aromatic rings. The largest absolute Gasteiger partial charge is 0.395 e. The number of aliphatic hydroxyl groups excluding tert-OH is 2. The molecule has 1 aliphatic rings. The van der Waals surface area contributed by atoms with Gasteiger partial charge < -0.3 is 15.5 Å². The minimum absolute atomic E-state index is 0.0469. The summed E-state index contributed by atoms with van der Waals surface area (Å²) in [5, 5.41) is 21.4. The zero-order chi connectivity index (χ0) is 14.4. The van der Waals surface area contributed by atoms with Crippen LogP contribution in [-0.2, 0) is 0 Å². The van der Waals surface area contributed by atoms with Gasteiger partial charge in [-0.2, -0.15) is 0 Å². The molecular formula is C15H19NO3S. The number of carbonyl (C=O) groups excluding carboxylic acids is 1. The molecule has 0 saturated heterocycles. The van der Waals surface area contributed by atoms with Crippen molar-refractivity contribution < 1.29 is 15.0 Å². The standard InChI is InChI=1S/C15H19NO3S/c17-10-4-3-5-11-8-9-14(20-11)15(19)16-12-6-1-2-7-13(12)18/h8-9,12-13,17-18H,1-2,4,6-7,10H2,(H,16,19). The Morgan fingerprint density at radius 1 is 1.40 bits per heavy atom. The summed E-state index contributed by atoms with van der Waals surface area (Å²) in [6.07, 6.45) is 3.67. The molecule has 2 atom stereocenters. The lowest BCUT2D eigenvalue weighted by Crippen LogP contribution is -2.44. The second kappa shape index (κ2) is 7.44. The normalized spacial score (nSPS) is 21.9. The number of hydrogen-bond donors (Lipinski definition) is 3. The first-order valence-electron chi connectivity index (χ1n) is 6.89. The number of rotatable bonds is 3. The summed E-state index contributed by atoms with van der Waals surface area (Å²) in [6, 6.07) is 3.42.